The van der Waals surface area contributed by atoms with Crippen LogP contribution >= 0.6 is 20.6 Å². The average molecular weight is 238 g/mol. The molecular formula is C10H11N2OPS. The zero-order valence-electron chi connectivity index (χ0n) is 8.50. The first-order valence-corrected chi connectivity index (χ1v) is 5.90. The maximum atomic E-state index is 11.3. The van der Waals surface area contributed by atoms with E-state index in [1.807, 2.05) is 26.0 Å². The van der Waals surface area contributed by atoms with E-state index < -0.39 is 0 Å². The molecule has 2 aromatic heterocycles. The van der Waals surface area contributed by atoms with Crippen molar-refractivity contribution in [2.24, 2.45) is 0 Å². The van der Waals surface area contributed by atoms with Gasteiger partial charge in [-0.15, -0.1) is 20.6 Å². The Morgan fingerprint density at radius 3 is 2.73 bits per heavy atom. The molecule has 0 aliphatic rings. The summed E-state index contributed by atoms with van der Waals surface area (Å²) < 4.78 is 0. The van der Waals surface area contributed by atoms with Crippen LogP contribution in [0, 0.1) is 13.8 Å². The number of hydrogen-bond donors (Lipinski definition) is 1. The van der Waals surface area contributed by atoms with Crippen LogP contribution in [0.3, 0.4) is 0 Å². The lowest BCUT2D eigenvalue weighted by Crippen LogP contribution is -2.20. The van der Waals surface area contributed by atoms with Crippen LogP contribution in [0.2, 0.25) is 0 Å². The summed E-state index contributed by atoms with van der Waals surface area (Å²) in [6.07, 6.45) is 0. The first-order valence-electron chi connectivity index (χ1n) is 4.51. The Kier molecular flexibility index (Phi) is 2.72. The molecule has 0 bridgehead atoms. The molecule has 0 aromatic carbocycles. The second-order valence-electron chi connectivity index (χ2n) is 3.34. The highest BCUT2D eigenvalue weighted by Gasteiger charge is 2.09. The summed E-state index contributed by atoms with van der Waals surface area (Å²) in [5.74, 6) is 0. The zero-order chi connectivity index (χ0) is 11.0. The quantitative estimate of drug-likeness (QED) is 0.767. The molecule has 0 amide bonds. The van der Waals surface area contributed by atoms with Crippen LogP contribution < -0.4 is 11.0 Å². The number of rotatable bonds is 1. The summed E-state index contributed by atoms with van der Waals surface area (Å²) >= 11 is 1.64. The highest BCUT2D eigenvalue weighted by molar-refractivity contribution is 7.28. The SMILES string of the molecule is Cc1ccc(-c2nc(=O)[nH]c(C)c2P)s1. The molecule has 2 aromatic rings. The normalized spacial score (nSPS) is 10.6. The molecule has 5 heteroatoms. The molecule has 2 rings (SSSR count). The van der Waals surface area contributed by atoms with Gasteiger partial charge in [-0.1, -0.05) is 0 Å². The lowest BCUT2D eigenvalue weighted by atomic mass is 10.3. The van der Waals surface area contributed by atoms with E-state index in [1.54, 1.807) is 11.3 Å². The van der Waals surface area contributed by atoms with Gasteiger partial charge in [-0.2, -0.15) is 4.98 Å². The molecule has 0 saturated heterocycles. The lowest BCUT2D eigenvalue weighted by molar-refractivity contribution is 1.05. The molecule has 0 fully saturated rings. The number of thiophene rings is 1. The first-order chi connectivity index (χ1) is 7.08. The van der Waals surface area contributed by atoms with Gasteiger partial charge >= 0.3 is 5.69 Å². The smallest absolute Gasteiger partial charge is 0.309 e. The fourth-order valence-electron chi connectivity index (χ4n) is 1.34. The molecule has 78 valence electrons. The highest BCUT2D eigenvalue weighted by atomic mass is 32.1. The van der Waals surface area contributed by atoms with E-state index in [-0.39, 0.29) is 5.69 Å². The molecular weight excluding hydrogens is 227 g/mol. The molecule has 0 radical (unpaired) electrons. The molecule has 1 N–H and O–H groups in total. The Labute approximate surface area is 93.8 Å². The topological polar surface area (TPSA) is 45.8 Å². The predicted molar refractivity (Wildman–Crippen MR) is 67.0 cm³/mol. The van der Waals surface area contributed by atoms with Gasteiger partial charge in [0, 0.05) is 15.9 Å². The van der Waals surface area contributed by atoms with Crippen molar-refractivity contribution < 1.29 is 0 Å². The molecule has 0 aliphatic carbocycles. The Hall–Kier alpha value is -0.990. The summed E-state index contributed by atoms with van der Waals surface area (Å²) in [7, 11) is 2.62. The average Bonchev–Trinajstić information content (AvgIpc) is 2.58. The molecule has 0 saturated carbocycles. The summed E-state index contributed by atoms with van der Waals surface area (Å²) in [5, 5.41) is 0.955. The highest BCUT2D eigenvalue weighted by Crippen LogP contribution is 2.25. The van der Waals surface area contributed by atoms with Gasteiger partial charge in [0.2, 0.25) is 0 Å². The van der Waals surface area contributed by atoms with Crippen molar-refractivity contribution in [1.29, 1.82) is 0 Å². The standard InChI is InChI=1S/C10H11N2OPS/c1-5-3-4-7(15-5)8-9(14)6(2)11-10(13)12-8/h3-4H,14H2,1-2H3,(H,11,12,13). The Morgan fingerprint density at radius 2 is 2.13 bits per heavy atom. The largest absolute Gasteiger partial charge is 0.345 e. The van der Waals surface area contributed by atoms with E-state index in [0.717, 1.165) is 21.6 Å². The minimum Gasteiger partial charge on any atom is -0.309 e. The number of aromatic amines is 1. The predicted octanol–water partition coefficient (Wildman–Crippen LogP) is 1.62. The van der Waals surface area contributed by atoms with Crippen molar-refractivity contribution >= 4 is 25.9 Å². The van der Waals surface area contributed by atoms with E-state index >= 15 is 0 Å². The van der Waals surface area contributed by atoms with Gasteiger partial charge in [0.1, 0.15) is 0 Å². The lowest BCUT2D eigenvalue weighted by Gasteiger charge is -2.03. The van der Waals surface area contributed by atoms with Gasteiger partial charge in [0.25, 0.3) is 0 Å². The Morgan fingerprint density at radius 1 is 1.40 bits per heavy atom. The van der Waals surface area contributed by atoms with Gasteiger partial charge in [-0.05, 0) is 26.0 Å². The summed E-state index contributed by atoms with van der Waals surface area (Å²) in [6, 6.07) is 4.02. The van der Waals surface area contributed by atoms with Crippen LogP contribution in [0.5, 0.6) is 0 Å². The minimum absolute atomic E-state index is 0.292. The number of aromatic nitrogens is 2. The molecule has 2 heterocycles. The van der Waals surface area contributed by atoms with Crippen molar-refractivity contribution in [3.63, 3.8) is 0 Å². The van der Waals surface area contributed by atoms with Gasteiger partial charge in [0.05, 0.1) is 10.6 Å². The maximum absolute atomic E-state index is 11.3. The third-order valence-corrected chi connectivity index (χ3v) is 3.85. The van der Waals surface area contributed by atoms with E-state index in [9.17, 15) is 4.79 Å². The molecule has 0 aliphatic heterocycles. The Balaban J connectivity index is 2.67. The second kappa shape index (κ2) is 3.87. The third-order valence-electron chi connectivity index (χ3n) is 2.14. The maximum Gasteiger partial charge on any atom is 0.345 e. The van der Waals surface area contributed by atoms with Crippen LogP contribution in [-0.2, 0) is 0 Å². The summed E-state index contributed by atoms with van der Waals surface area (Å²) in [4.78, 5) is 20.2. The fraction of sp³-hybridized carbons (Fsp3) is 0.200. The van der Waals surface area contributed by atoms with Gasteiger partial charge in [-0.25, -0.2) is 4.79 Å². The molecule has 15 heavy (non-hydrogen) atoms. The summed E-state index contributed by atoms with van der Waals surface area (Å²) in [6.45, 7) is 3.91. The van der Waals surface area contributed by atoms with Crippen molar-refractivity contribution in [2.75, 3.05) is 0 Å². The second-order valence-corrected chi connectivity index (χ2v) is 5.20. The first kappa shape index (κ1) is 10.5. The van der Waals surface area contributed by atoms with Crippen LogP contribution in [0.1, 0.15) is 10.6 Å². The van der Waals surface area contributed by atoms with Crippen LogP contribution in [-0.4, -0.2) is 9.97 Å². The monoisotopic (exact) mass is 238 g/mol. The minimum atomic E-state index is -0.292. The van der Waals surface area contributed by atoms with Crippen LogP contribution in [0.15, 0.2) is 16.9 Å². The van der Waals surface area contributed by atoms with E-state index in [1.165, 1.54) is 4.88 Å². The van der Waals surface area contributed by atoms with E-state index in [4.69, 9.17) is 0 Å². The van der Waals surface area contributed by atoms with Crippen molar-refractivity contribution in [3.05, 3.63) is 33.2 Å². The van der Waals surface area contributed by atoms with Crippen LogP contribution in [0.25, 0.3) is 10.6 Å². The van der Waals surface area contributed by atoms with Crippen LogP contribution in [0.4, 0.5) is 0 Å². The van der Waals surface area contributed by atoms with E-state index in [2.05, 4.69) is 19.2 Å². The van der Waals surface area contributed by atoms with E-state index in [0.29, 0.717) is 0 Å². The van der Waals surface area contributed by atoms with Gasteiger partial charge < -0.3 is 4.98 Å². The number of H-pyrrole nitrogens is 1. The fourth-order valence-corrected chi connectivity index (χ4v) is 2.61. The number of nitrogens with zero attached hydrogens (tertiary/aromatic N) is 1. The molecule has 1 unspecified atom stereocenters. The molecule has 0 spiro atoms. The molecule has 1 atom stereocenters. The summed E-state index contributed by atoms with van der Waals surface area (Å²) in [5.41, 5.74) is 1.32. The Bertz CT molecular complexity index is 559. The van der Waals surface area contributed by atoms with Crippen molar-refractivity contribution in [1.82, 2.24) is 9.97 Å². The van der Waals surface area contributed by atoms with Gasteiger partial charge in [-0.3, -0.25) is 0 Å². The number of nitrogens with one attached hydrogen (secondary N) is 1. The van der Waals surface area contributed by atoms with Gasteiger partial charge in [0.15, 0.2) is 0 Å². The number of hydrogen-bond acceptors (Lipinski definition) is 3. The molecule has 3 nitrogen and oxygen atoms in total. The zero-order valence-corrected chi connectivity index (χ0v) is 10.5. The number of aryl methyl sites for hydroxylation is 2. The van der Waals surface area contributed by atoms with Crippen molar-refractivity contribution in [3.8, 4) is 10.6 Å². The van der Waals surface area contributed by atoms with Crippen molar-refractivity contribution in [2.45, 2.75) is 13.8 Å². The third kappa shape index (κ3) is 2.01.